The predicted octanol–water partition coefficient (Wildman–Crippen LogP) is 3.85. The predicted molar refractivity (Wildman–Crippen MR) is 80.7 cm³/mol. The summed E-state index contributed by atoms with van der Waals surface area (Å²) in [6.45, 7) is 6.50. The summed E-state index contributed by atoms with van der Waals surface area (Å²) in [6.07, 6.45) is 1.59. The van der Waals surface area contributed by atoms with E-state index in [1.54, 1.807) is 0 Å². The Bertz CT molecular complexity index is 356. The third-order valence-electron chi connectivity index (χ3n) is 3.37. The Labute approximate surface area is 119 Å². The van der Waals surface area contributed by atoms with Gasteiger partial charge >= 0.3 is 0 Å². The second-order valence-electron chi connectivity index (χ2n) is 5.10. The molecule has 0 aliphatic rings. The number of rotatable bonds is 7. The molecule has 102 valence electrons. The van der Waals surface area contributed by atoms with Crippen molar-refractivity contribution in [2.75, 3.05) is 20.1 Å². The highest BCUT2D eigenvalue weighted by atomic mass is 79.9. The molecule has 0 saturated carbocycles. The van der Waals surface area contributed by atoms with E-state index in [4.69, 9.17) is 0 Å². The highest BCUT2D eigenvalue weighted by molar-refractivity contribution is 9.10. The van der Waals surface area contributed by atoms with E-state index in [9.17, 15) is 5.11 Å². The molecule has 1 rings (SSSR count). The van der Waals surface area contributed by atoms with E-state index in [1.165, 1.54) is 6.42 Å². The Hall–Kier alpha value is -0.380. The van der Waals surface area contributed by atoms with Crippen molar-refractivity contribution >= 4 is 15.9 Å². The van der Waals surface area contributed by atoms with Gasteiger partial charge in [-0.25, -0.2) is 0 Å². The van der Waals surface area contributed by atoms with Crippen LogP contribution in [-0.2, 0) is 0 Å². The first-order valence-electron chi connectivity index (χ1n) is 6.65. The van der Waals surface area contributed by atoms with Gasteiger partial charge in [-0.15, -0.1) is 0 Å². The van der Waals surface area contributed by atoms with E-state index < -0.39 is 0 Å². The molecule has 0 radical (unpaired) electrons. The van der Waals surface area contributed by atoms with Crippen molar-refractivity contribution in [1.29, 1.82) is 0 Å². The molecule has 3 heteroatoms. The minimum Gasteiger partial charge on any atom is -0.388 e. The first-order valence-corrected chi connectivity index (χ1v) is 7.45. The molecule has 0 bridgehead atoms. The van der Waals surface area contributed by atoms with Gasteiger partial charge in [0.25, 0.3) is 0 Å². The van der Waals surface area contributed by atoms with Crippen molar-refractivity contribution in [2.24, 2.45) is 5.92 Å². The number of nitrogens with zero attached hydrogens (tertiary/aromatic N) is 1. The van der Waals surface area contributed by atoms with Crippen LogP contribution in [0.25, 0.3) is 0 Å². The summed E-state index contributed by atoms with van der Waals surface area (Å²) in [5.74, 6) is 0.718. The van der Waals surface area contributed by atoms with Gasteiger partial charge in [0.2, 0.25) is 0 Å². The highest BCUT2D eigenvalue weighted by Crippen LogP contribution is 2.25. The van der Waals surface area contributed by atoms with Crippen LogP contribution in [-0.4, -0.2) is 30.1 Å². The van der Waals surface area contributed by atoms with Crippen LogP contribution in [0.2, 0.25) is 0 Å². The number of benzene rings is 1. The summed E-state index contributed by atoms with van der Waals surface area (Å²) in [6, 6.07) is 7.88. The van der Waals surface area contributed by atoms with E-state index >= 15 is 0 Å². The van der Waals surface area contributed by atoms with Crippen LogP contribution in [0.5, 0.6) is 0 Å². The second kappa shape index (κ2) is 7.93. The van der Waals surface area contributed by atoms with E-state index in [2.05, 4.69) is 41.7 Å². The average Bonchev–Trinajstić information content (AvgIpc) is 2.36. The lowest BCUT2D eigenvalue weighted by Gasteiger charge is -2.22. The van der Waals surface area contributed by atoms with E-state index in [-0.39, 0.29) is 6.10 Å². The number of aliphatic hydroxyl groups is 1. The van der Waals surface area contributed by atoms with Crippen molar-refractivity contribution in [3.63, 3.8) is 0 Å². The van der Waals surface area contributed by atoms with Gasteiger partial charge in [0.05, 0.1) is 6.10 Å². The molecule has 0 saturated heterocycles. The Morgan fingerprint density at radius 3 is 2.61 bits per heavy atom. The molecule has 0 aliphatic carbocycles. The van der Waals surface area contributed by atoms with Gasteiger partial charge in [-0.2, -0.15) is 0 Å². The van der Waals surface area contributed by atoms with Gasteiger partial charge in [-0.1, -0.05) is 54.4 Å². The van der Waals surface area contributed by atoms with E-state index in [1.807, 2.05) is 24.3 Å². The molecule has 0 amide bonds. The minimum atomic E-state index is -0.389. The molecular formula is C15H24BrNO. The van der Waals surface area contributed by atoms with Crippen LogP contribution < -0.4 is 0 Å². The number of aliphatic hydroxyl groups excluding tert-OH is 1. The van der Waals surface area contributed by atoms with Crippen LogP contribution in [0, 0.1) is 5.92 Å². The van der Waals surface area contributed by atoms with Gasteiger partial charge in [0, 0.05) is 17.6 Å². The molecule has 0 heterocycles. The normalized spacial score (nSPS) is 14.8. The van der Waals surface area contributed by atoms with Crippen molar-refractivity contribution in [3.05, 3.63) is 34.3 Å². The molecule has 0 aliphatic heterocycles. The standard InChI is InChI=1S/C15H24BrNO/c1-4-12(2)11-17(3)10-9-15(18)13-7-5-6-8-14(13)16/h5-8,12,15,18H,4,9-11H2,1-3H3. The maximum absolute atomic E-state index is 10.2. The molecule has 2 nitrogen and oxygen atoms in total. The molecule has 1 aromatic rings. The highest BCUT2D eigenvalue weighted by Gasteiger charge is 2.12. The summed E-state index contributed by atoms with van der Waals surface area (Å²) in [7, 11) is 2.12. The zero-order chi connectivity index (χ0) is 13.5. The zero-order valence-corrected chi connectivity index (χ0v) is 13.2. The molecule has 1 aromatic carbocycles. The third-order valence-corrected chi connectivity index (χ3v) is 4.09. The third kappa shape index (κ3) is 5.09. The lowest BCUT2D eigenvalue weighted by molar-refractivity contribution is 0.144. The molecule has 0 aromatic heterocycles. The van der Waals surface area contributed by atoms with E-state index in [0.717, 1.165) is 35.5 Å². The van der Waals surface area contributed by atoms with Gasteiger partial charge < -0.3 is 10.0 Å². The maximum Gasteiger partial charge on any atom is 0.0813 e. The van der Waals surface area contributed by atoms with Crippen LogP contribution in [0.3, 0.4) is 0 Å². The van der Waals surface area contributed by atoms with Crippen molar-refractivity contribution in [3.8, 4) is 0 Å². The van der Waals surface area contributed by atoms with Gasteiger partial charge in [-0.05, 0) is 31.0 Å². The number of hydrogen-bond donors (Lipinski definition) is 1. The van der Waals surface area contributed by atoms with Crippen LogP contribution in [0.15, 0.2) is 28.7 Å². The summed E-state index contributed by atoms with van der Waals surface area (Å²) in [4.78, 5) is 2.30. The topological polar surface area (TPSA) is 23.5 Å². The molecule has 2 unspecified atom stereocenters. The Balaban J connectivity index is 2.42. The fourth-order valence-electron chi connectivity index (χ4n) is 2.00. The Kier molecular flexibility index (Phi) is 6.90. The summed E-state index contributed by atoms with van der Waals surface area (Å²) < 4.78 is 0.988. The van der Waals surface area contributed by atoms with Gasteiger partial charge in [-0.3, -0.25) is 0 Å². The SMILES string of the molecule is CCC(C)CN(C)CCC(O)c1ccccc1Br. The Morgan fingerprint density at radius 2 is 2.00 bits per heavy atom. The zero-order valence-electron chi connectivity index (χ0n) is 11.6. The number of halogens is 1. The van der Waals surface area contributed by atoms with E-state index in [0.29, 0.717) is 0 Å². The first-order chi connectivity index (χ1) is 8.54. The lowest BCUT2D eigenvalue weighted by Crippen LogP contribution is -2.26. The summed E-state index contributed by atoms with van der Waals surface area (Å²) >= 11 is 3.48. The van der Waals surface area contributed by atoms with Crippen LogP contribution >= 0.6 is 15.9 Å². The quantitative estimate of drug-likeness (QED) is 0.826. The minimum absolute atomic E-state index is 0.389. The molecule has 2 atom stereocenters. The largest absolute Gasteiger partial charge is 0.388 e. The monoisotopic (exact) mass is 313 g/mol. The smallest absolute Gasteiger partial charge is 0.0813 e. The average molecular weight is 314 g/mol. The fraction of sp³-hybridized carbons (Fsp3) is 0.600. The second-order valence-corrected chi connectivity index (χ2v) is 5.96. The summed E-state index contributed by atoms with van der Waals surface area (Å²) in [5.41, 5.74) is 0.981. The number of hydrogen-bond acceptors (Lipinski definition) is 2. The van der Waals surface area contributed by atoms with Crippen LogP contribution in [0.4, 0.5) is 0 Å². The molecule has 0 spiro atoms. The lowest BCUT2D eigenvalue weighted by atomic mass is 10.1. The first kappa shape index (κ1) is 15.7. The fourth-order valence-corrected chi connectivity index (χ4v) is 2.54. The molecular weight excluding hydrogens is 290 g/mol. The Morgan fingerprint density at radius 1 is 1.33 bits per heavy atom. The van der Waals surface area contributed by atoms with Gasteiger partial charge in [0.15, 0.2) is 0 Å². The molecule has 1 N–H and O–H groups in total. The van der Waals surface area contributed by atoms with Crippen molar-refractivity contribution < 1.29 is 5.11 Å². The molecule has 18 heavy (non-hydrogen) atoms. The molecule has 0 fully saturated rings. The summed E-state index contributed by atoms with van der Waals surface area (Å²) in [5, 5.41) is 10.2. The van der Waals surface area contributed by atoms with Crippen LogP contribution in [0.1, 0.15) is 38.4 Å². The maximum atomic E-state index is 10.2. The van der Waals surface area contributed by atoms with Crippen molar-refractivity contribution in [2.45, 2.75) is 32.8 Å². The van der Waals surface area contributed by atoms with Crippen molar-refractivity contribution in [1.82, 2.24) is 4.90 Å². The van der Waals surface area contributed by atoms with Gasteiger partial charge in [0.1, 0.15) is 0 Å².